The second-order valence-electron chi connectivity index (χ2n) is 7.23. The van der Waals surface area contributed by atoms with Crippen LogP contribution >= 0.6 is 11.6 Å². The molecule has 0 bridgehead atoms. The lowest BCUT2D eigenvalue weighted by atomic mass is 10.0. The minimum atomic E-state index is 0.118. The first-order valence-corrected chi connectivity index (χ1v) is 10.1. The van der Waals surface area contributed by atoms with Crippen LogP contribution in [0.25, 0.3) is 22.5 Å². The molecule has 0 spiro atoms. The highest BCUT2D eigenvalue weighted by atomic mass is 35.5. The van der Waals surface area contributed by atoms with Crippen molar-refractivity contribution in [2.45, 2.75) is 44.7 Å². The number of nitrogens with one attached hydrogen (secondary N) is 1. The van der Waals surface area contributed by atoms with Crippen molar-refractivity contribution < 1.29 is 4.79 Å². The molecule has 144 valence electrons. The van der Waals surface area contributed by atoms with E-state index in [1.807, 2.05) is 31.2 Å². The maximum atomic E-state index is 11.7. The smallest absolute Gasteiger partial charge is 0.219 e. The Morgan fingerprint density at radius 1 is 1.07 bits per heavy atom. The highest BCUT2D eigenvalue weighted by Gasteiger charge is 2.28. The lowest BCUT2D eigenvalue weighted by Gasteiger charge is -2.16. The summed E-state index contributed by atoms with van der Waals surface area (Å²) in [5.41, 5.74) is 3.30. The van der Waals surface area contributed by atoms with Gasteiger partial charge in [0.1, 0.15) is 6.33 Å². The number of aromatic nitrogens is 3. The standard InChI is InChI=1S/C22H23ClN4O/c1-2-21(28)25-19-11-12-20(13-19)27-14-24-26-22(27)17-5-3-15(4-6-17)16-7-9-18(23)10-8-16/h3-10,14,19-20H,2,11-13H2,1H3,(H,25,28). The van der Waals surface area contributed by atoms with Gasteiger partial charge >= 0.3 is 0 Å². The number of carbonyl (C=O) groups excluding carboxylic acids is 1. The quantitative estimate of drug-likeness (QED) is 0.670. The van der Waals surface area contributed by atoms with E-state index in [1.54, 1.807) is 6.33 Å². The highest BCUT2D eigenvalue weighted by Crippen LogP contribution is 2.33. The first-order chi connectivity index (χ1) is 13.6. The minimum absolute atomic E-state index is 0.118. The molecule has 4 rings (SSSR count). The molecule has 5 nitrogen and oxygen atoms in total. The molecule has 6 heteroatoms. The molecular formula is C22H23ClN4O. The number of rotatable bonds is 5. The summed E-state index contributed by atoms with van der Waals surface area (Å²) in [5, 5.41) is 12.3. The molecule has 1 heterocycles. The van der Waals surface area contributed by atoms with Crippen LogP contribution in [-0.4, -0.2) is 26.7 Å². The van der Waals surface area contributed by atoms with E-state index in [0.717, 1.165) is 46.8 Å². The van der Waals surface area contributed by atoms with Crippen LogP contribution < -0.4 is 5.32 Å². The highest BCUT2D eigenvalue weighted by molar-refractivity contribution is 6.30. The third kappa shape index (κ3) is 3.94. The Kier molecular flexibility index (Phi) is 5.44. The maximum Gasteiger partial charge on any atom is 0.219 e. The van der Waals surface area contributed by atoms with Crippen molar-refractivity contribution in [2.24, 2.45) is 0 Å². The Morgan fingerprint density at radius 3 is 2.39 bits per heavy atom. The van der Waals surface area contributed by atoms with E-state index in [9.17, 15) is 4.79 Å². The Bertz CT molecular complexity index is 949. The maximum absolute atomic E-state index is 11.7. The van der Waals surface area contributed by atoms with Gasteiger partial charge in [0.2, 0.25) is 5.91 Å². The Balaban J connectivity index is 1.51. The molecule has 1 saturated carbocycles. The van der Waals surface area contributed by atoms with Gasteiger partial charge in [0, 0.05) is 29.1 Å². The number of hydrogen-bond donors (Lipinski definition) is 1. The van der Waals surface area contributed by atoms with Gasteiger partial charge in [0.05, 0.1) is 0 Å². The molecule has 28 heavy (non-hydrogen) atoms. The third-order valence-corrected chi connectivity index (χ3v) is 5.63. The summed E-state index contributed by atoms with van der Waals surface area (Å²) in [6.45, 7) is 1.88. The van der Waals surface area contributed by atoms with Gasteiger partial charge in [0.25, 0.3) is 0 Å². The zero-order valence-corrected chi connectivity index (χ0v) is 16.6. The molecule has 1 aliphatic rings. The van der Waals surface area contributed by atoms with Crippen molar-refractivity contribution in [2.75, 3.05) is 0 Å². The number of halogens is 1. The van der Waals surface area contributed by atoms with Crippen LogP contribution in [0.4, 0.5) is 0 Å². The minimum Gasteiger partial charge on any atom is -0.353 e. The number of carbonyl (C=O) groups is 1. The molecule has 0 aliphatic heterocycles. The van der Waals surface area contributed by atoms with Crippen LogP contribution in [0.2, 0.25) is 5.02 Å². The van der Waals surface area contributed by atoms with Gasteiger partial charge in [-0.05, 0) is 42.5 Å². The second-order valence-corrected chi connectivity index (χ2v) is 7.67. The van der Waals surface area contributed by atoms with Crippen molar-refractivity contribution in [3.05, 3.63) is 59.9 Å². The lowest BCUT2D eigenvalue weighted by molar-refractivity contribution is -0.121. The molecule has 1 aliphatic carbocycles. The largest absolute Gasteiger partial charge is 0.353 e. The van der Waals surface area contributed by atoms with Crippen LogP contribution in [0.3, 0.4) is 0 Å². The van der Waals surface area contributed by atoms with Gasteiger partial charge in [-0.2, -0.15) is 0 Å². The summed E-state index contributed by atoms with van der Waals surface area (Å²) in [7, 11) is 0. The number of amides is 1. The average molecular weight is 395 g/mol. The SMILES string of the molecule is CCC(=O)NC1CCC(n2cnnc2-c2ccc(-c3ccc(Cl)cc3)cc2)C1. The fourth-order valence-corrected chi connectivity index (χ4v) is 3.97. The van der Waals surface area contributed by atoms with Crippen molar-refractivity contribution >= 4 is 17.5 Å². The van der Waals surface area contributed by atoms with E-state index in [0.29, 0.717) is 12.5 Å². The summed E-state index contributed by atoms with van der Waals surface area (Å²) < 4.78 is 2.15. The molecule has 0 saturated heterocycles. The summed E-state index contributed by atoms with van der Waals surface area (Å²) in [4.78, 5) is 11.7. The van der Waals surface area contributed by atoms with Gasteiger partial charge in [-0.1, -0.05) is 54.9 Å². The Morgan fingerprint density at radius 2 is 1.71 bits per heavy atom. The topological polar surface area (TPSA) is 59.8 Å². The van der Waals surface area contributed by atoms with E-state index in [4.69, 9.17) is 11.6 Å². The Labute approximate surface area is 169 Å². The van der Waals surface area contributed by atoms with Gasteiger partial charge < -0.3 is 9.88 Å². The Hall–Kier alpha value is -2.66. The average Bonchev–Trinajstić information content (AvgIpc) is 3.38. The molecule has 1 fully saturated rings. The van der Waals surface area contributed by atoms with E-state index >= 15 is 0 Å². The molecular weight excluding hydrogens is 372 g/mol. The van der Waals surface area contributed by atoms with Crippen molar-refractivity contribution in [1.82, 2.24) is 20.1 Å². The summed E-state index contributed by atoms with van der Waals surface area (Å²) in [6.07, 6.45) is 5.25. The predicted octanol–water partition coefficient (Wildman–Crippen LogP) is 4.89. The van der Waals surface area contributed by atoms with E-state index in [1.165, 1.54) is 0 Å². The monoisotopic (exact) mass is 394 g/mol. The fraction of sp³-hybridized carbons (Fsp3) is 0.318. The normalized spacial score (nSPS) is 18.9. The summed E-state index contributed by atoms with van der Waals surface area (Å²) in [6, 6.07) is 16.7. The van der Waals surface area contributed by atoms with Gasteiger partial charge in [0.15, 0.2) is 5.82 Å². The summed E-state index contributed by atoms with van der Waals surface area (Å²) in [5.74, 6) is 0.988. The fourth-order valence-electron chi connectivity index (χ4n) is 3.84. The zero-order chi connectivity index (χ0) is 19.5. The van der Waals surface area contributed by atoms with Crippen LogP contribution in [0.1, 0.15) is 38.6 Å². The van der Waals surface area contributed by atoms with Crippen molar-refractivity contribution in [3.63, 3.8) is 0 Å². The van der Waals surface area contributed by atoms with Crippen LogP contribution in [-0.2, 0) is 4.79 Å². The molecule has 1 N–H and O–H groups in total. The molecule has 3 aromatic rings. The van der Waals surface area contributed by atoms with Gasteiger partial charge in [-0.25, -0.2) is 0 Å². The first kappa shape index (κ1) is 18.7. The molecule has 2 unspecified atom stereocenters. The predicted molar refractivity (Wildman–Crippen MR) is 111 cm³/mol. The second kappa shape index (κ2) is 8.15. The van der Waals surface area contributed by atoms with Crippen LogP contribution in [0.15, 0.2) is 54.9 Å². The lowest BCUT2D eigenvalue weighted by Crippen LogP contribution is -2.32. The van der Waals surface area contributed by atoms with E-state index in [-0.39, 0.29) is 11.9 Å². The number of nitrogens with zero attached hydrogens (tertiary/aromatic N) is 3. The van der Waals surface area contributed by atoms with E-state index < -0.39 is 0 Å². The molecule has 1 aromatic heterocycles. The van der Waals surface area contributed by atoms with Crippen molar-refractivity contribution in [1.29, 1.82) is 0 Å². The molecule has 2 aromatic carbocycles. The van der Waals surface area contributed by atoms with E-state index in [2.05, 4.69) is 44.3 Å². The van der Waals surface area contributed by atoms with Crippen molar-refractivity contribution in [3.8, 4) is 22.5 Å². The van der Waals surface area contributed by atoms with Gasteiger partial charge in [-0.3, -0.25) is 4.79 Å². The molecule has 1 amide bonds. The van der Waals surface area contributed by atoms with Crippen LogP contribution in [0.5, 0.6) is 0 Å². The van der Waals surface area contributed by atoms with Gasteiger partial charge in [-0.15, -0.1) is 10.2 Å². The number of hydrogen-bond acceptors (Lipinski definition) is 3. The zero-order valence-electron chi connectivity index (χ0n) is 15.8. The number of benzene rings is 2. The molecule has 0 radical (unpaired) electrons. The third-order valence-electron chi connectivity index (χ3n) is 5.38. The molecule has 2 atom stereocenters. The summed E-state index contributed by atoms with van der Waals surface area (Å²) >= 11 is 5.98. The van der Waals surface area contributed by atoms with Crippen LogP contribution in [0, 0.1) is 0 Å². The first-order valence-electron chi connectivity index (χ1n) is 9.69.